The third kappa shape index (κ3) is 1.97. The molecule has 2 rings (SSSR count). The van der Waals surface area contributed by atoms with Gasteiger partial charge in [0.15, 0.2) is 0 Å². The molecule has 0 amide bonds. The zero-order chi connectivity index (χ0) is 13.2. The van der Waals surface area contributed by atoms with E-state index in [-0.39, 0.29) is 0 Å². The SMILES string of the molecule is CCC1CCCC(C#N)(C2(O)CCCC2CC)C1. The number of rotatable bonds is 3. The van der Waals surface area contributed by atoms with Crippen LogP contribution in [0.3, 0.4) is 0 Å². The number of aliphatic hydroxyl groups is 1. The van der Waals surface area contributed by atoms with E-state index in [9.17, 15) is 10.4 Å². The number of nitriles is 1. The lowest BCUT2D eigenvalue weighted by atomic mass is 9.58. The van der Waals surface area contributed by atoms with Crippen LogP contribution in [0.25, 0.3) is 0 Å². The Morgan fingerprint density at radius 2 is 1.89 bits per heavy atom. The predicted molar refractivity (Wildman–Crippen MR) is 72.9 cm³/mol. The maximum absolute atomic E-state index is 11.2. The number of nitrogens with zero attached hydrogens (tertiary/aromatic N) is 1. The van der Waals surface area contributed by atoms with Crippen LogP contribution in [0, 0.1) is 28.6 Å². The zero-order valence-electron chi connectivity index (χ0n) is 11.9. The summed E-state index contributed by atoms with van der Waals surface area (Å²) in [6.07, 6.45) is 9.39. The van der Waals surface area contributed by atoms with Crippen LogP contribution in [0.5, 0.6) is 0 Å². The molecule has 0 heterocycles. The molecule has 0 aromatic heterocycles. The Balaban J connectivity index is 2.29. The predicted octanol–water partition coefficient (Wildman–Crippen LogP) is 4.04. The molecule has 2 nitrogen and oxygen atoms in total. The van der Waals surface area contributed by atoms with Gasteiger partial charge in [0, 0.05) is 0 Å². The highest BCUT2D eigenvalue weighted by atomic mass is 16.3. The number of hydrogen-bond donors (Lipinski definition) is 1. The molecule has 2 aliphatic carbocycles. The molecule has 2 heteroatoms. The van der Waals surface area contributed by atoms with Crippen molar-refractivity contribution in [3.8, 4) is 6.07 Å². The molecule has 0 radical (unpaired) electrons. The van der Waals surface area contributed by atoms with Gasteiger partial charge in [0.05, 0.1) is 17.1 Å². The third-order valence-corrected chi connectivity index (χ3v) is 5.75. The Morgan fingerprint density at radius 3 is 2.50 bits per heavy atom. The summed E-state index contributed by atoms with van der Waals surface area (Å²) in [6, 6.07) is 2.58. The van der Waals surface area contributed by atoms with Gasteiger partial charge in [0.2, 0.25) is 0 Å². The molecule has 0 aromatic rings. The van der Waals surface area contributed by atoms with Gasteiger partial charge in [0.1, 0.15) is 0 Å². The van der Waals surface area contributed by atoms with Gasteiger partial charge in [-0.25, -0.2) is 0 Å². The Labute approximate surface area is 111 Å². The molecule has 4 atom stereocenters. The van der Waals surface area contributed by atoms with Crippen molar-refractivity contribution in [1.29, 1.82) is 5.26 Å². The first-order chi connectivity index (χ1) is 8.62. The van der Waals surface area contributed by atoms with Crippen molar-refractivity contribution in [3.05, 3.63) is 0 Å². The van der Waals surface area contributed by atoms with Crippen LogP contribution in [-0.2, 0) is 0 Å². The molecule has 18 heavy (non-hydrogen) atoms. The third-order valence-electron chi connectivity index (χ3n) is 5.75. The number of hydrogen-bond acceptors (Lipinski definition) is 2. The highest BCUT2D eigenvalue weighted by Gasteiger charge is 2.57. The zero-order valence-corrected chi connectivity index (χ0v) is 11.9. The first kappa shape index (κ1) is 13.9. The summed E-state index contributed by atoms with van der Waals surface area (Å²) in [7, 11) is 0. The van der Waals surface area contributed by atoms with Crippen LogP contribution in [0.4, 0.5) is 0 Å². The lowest BCUT2D eigenvalue weighted by Crippen LogP contribution is -2.52. The molecule has 0 aliphatic heterocycles. The molecular weight excluding hydrogens is 222 g/mol. The summed E-state index contributed by atoms with van der Waals surface area (Å²) in [6.45, 7) is 4.38. The molecule has 1 N–H and O–H groups in total. The molecule has 0 saturated heterocycles. The van der Waals surface area contributed by atoms with Crippen LogP contribution >= 0.6 is 0 Å². The molecule has 102 valence electrons. The maximum Gasteiger partial charge on any atom is 0.0865 e. The fourth-order valence-electron chi connectivity index (χ4n) is 4.56. The Bertz CT molecular complexity index is 334. The van der Waals surface area contributed by atoms with Crippen molar-refractivity contribution in [3.63, 3.8) is 0 Å². The van der Waals surface area contributed by atoms with Crippen LogP contribution in [-0.4, -0.2) is 10.7 Å². The van der Waals surface area contributed by atoms with Crippen molar-refractivity contribution in [1.82, 2.24) is 0 Å². The molecular formula is C16H27NO. The Morgan fingerprint density at radius 1 is 1.17 bits per heavy atom. The molecule has 0 bridgehead atoms. The second-order valence-corrected chi connectivity index (χ2v) is 6.49. The van der Waals surface area contributed by atoms with Gasteiger partial charge in [-0.2, -0.15) is 5.26 Å². The average molecular weight is 249 g/mol. The average Bonchev–Trinajstić information content (AvgIpc) is 2.81. The van der Waals surface area contributed by atoms with Gasteiger partial charge in [-0.3, -0.25) is 0 Å². The second kappa shape index (κ2) is 5.21. The summed E-state index contributed by atoms with van der Waals surface area (Å²) in [4.78, 5) is 0. The minimum absolute atomic E-state index is 0.341. The molecule has 2 fully saturated rings. The van der Waals surface area contributed by atoms with Crippen molar-refractivity contribution >= 4 is 0 Å². The van der Waals surface area contributed by atoms with Gasteiger partial charge in [-0.1, -0.05) is 46.0 Å². The highest BCUT2D eigenvalue weighted by Crippen LogP contribution is 2.56. The second-order valence-electron chi connectivity index (χ2n) is 6.49. The fraction of sp³-hybridized carbons (Fsp3) is 0.938. The molecule has 2 aliphatic rings. The topological polar surface area (TPSA) is 44.0 Å². The van der Waals surface area contributed by atoms with E-state index in [4.69, 9.17) is 0 Å². The monoisotopic (exact) mass is 249 g/mol. The van der Waals surface area contributed by atoms with Gasteiger partial charge in [-0.15, -0.1) is 0 Å². The molecule has 0 spiro atoms. The van der Waals surface area contributed by atoms with Crippen LogP contribution < -0.4 is 0 Å². The van der Waals surface area contributed by atoms with Crippen molar-refractivity contribution in [2.45, 2.75) is 77.2 Å². The van der Waals surface area contributed by atoms with E-state index in [2.05, 4.69) is 19.9 Å². The van der Waals surface area contributed by atoms with E-state index >= 15 is 0 Å². The summed E-state index contributed by atoms with van der Waals surface area (Å²) in [5.41, 5.74) is -1.16. The van der Waals surface area contributed by atoms with Crippen LogP contribution in [0.2, 0.25) is 0 Å². The summed E-state index contributed by atoms with van der Waals surface area (Å²) < 4.78 is 0. The first-order valence-electron chi connectivity index (χ1n) is 7.75. The van der Waals surface area contributed by atoms with Gasteiger partial charge in [-0.05, 0) is 37.5 Å². The van der Waals surface area contributed by atoms with Crippen molar-refractivity contribution < 1.29 is 5.11 Å². The lowest BCUT2D eigenvalue weighted by molar-refractivity contribution is -0.109. The van der Waals surface area contributed by atoms with E-state index in [0.29, 0.717) is 11.8 Å². The van der Waals surface area contributed by atoms with E-state index in [1.165, 1.54) is 6.42 Å². The standard InChI is InChI=1S/C16H27NO/c1-3-13-7-5-9-15(11-13,12-17)16(18)10-6-8-14(16)4-2/h13-14,18H,3-11H2,1-2H3. The van der Waals surface area contributed by atoms with E-state index in [1.807, 2.05) is 0 Å². The van der Waals surface area contributed by atoms with E-state index < -0.39 is 11.0 Å². The normalized spacial score (nSPS) is 44.8. The maximum atomic E-state index is 11.2. The molecule has 0 aromatic carbocycles. The highest BCUT2D eigenvalue weighted by molar-refractivity contribution is 5.16. The smallest absolute Gasteiger partial charge is 0.0865 e. The first-order valence-corrected chi connectivity index (χ1v) is 7.75. The minimum atomic E-state index is -0.704. The van der Waals surface area contributed by atoms with Gasteiger partial charge in [0.25, 0.3) is 0 Å². The minimum Gasteiger partial charge on any atom is -0.388 e. The quantitative estimate of drug-likeness (QED) is 0.820. The van der Waals surface area contributed by atoms with E-state index in [0.717, 1.165) is 51.4 Å². The largest absolute Gasteiger partial charge is 0.388 e. The van der Waals surface area contributed by atoms with E-state index in [1.54, 1.807) is 0 Å². The fourth-order valence-corrected chi connectivity index (χ4v) is 4.56. The van der Waals surface area contributed by atoms with Crippen molar-refractivity contribution in [2.24, 2.45) is 17.3 Å². The van der Waals surface area contributed by atoms with Crippen molar-refractivity contribution in [2.75, 3.05) is 0 Å². The van der Waals surface area contributed by atoms with Gasteiger partial charge < -0.3 is 5.11 Å². The Hall–Kier alpha value is -0.550. The Kier molecular flexibility index (Phi) is 4.02. The van der Waals surface area contributed by atoms with Crippen LogP contribution in [0.1, 0.15) is 71.6 Å². The van der Waals surface area contributed by atoms with Gasteiger partial charge >= 0.3 is 0 Å². The lowest BCUT2D eigenvalue weighted by Gasteiger charge is -2.48. The summed E-state index contributed by atoms with van der Waals surface area (Å²) >= 11 is 0. The van der Waals surface area contributed by atoms with Crippen LogP contribution in [0.15, 0.2) is 0 Å². The molecule has 2 saturated carbocycles. The summed E-state index contributed by atoms with van der Waals surface area (Å²) in [5.74, 6) is 0.980. The summed E-state index contributed by atoms with van der Waals surface area (Å²) in [5, 5.41) is 21.0. The molecule has 4 unspecified atom stereocenters.